The monoisotopic (exact) mass is 292 g/mol. The zero-order chi connectivity index (χ0) is 15.6. The summed E-state index contributed by atoms with van der Waals surface area (Å²) < 4.78 is 1.65. The first-order chi connectivity index (χ1) is 9.92. The average Bonchev–Trinajstić information content (AvgIpc) is 2.78. The molecule has 0 aliphatic heterocycles. The highest BCUT2D eigenvalue weighted by Crippen LogP contribution is 2.19. The number of nitrogens with zero attached hydrogens (tertiary/aromatic N) is 5. The Balaban J connectivity index is 2.36. The number of primary amides is 1. The van der Waals surface area contributed by atoms with E-state index in [0.717, 1.165) is 5.39 Å². The number of amides is 1. The van der Waals surface area contributed by atoms with Crippen molar-refractivity contribution < 1.29 is 4.79 Å². The number of rotatable bonds is 6. The topological polar surface area (TPSA) is 128 Å². The highest BCUT2D eigenvalue weighted by molar-refractivity contribution is 5.86. The van der Waals surface area contributed by atoms with Gasteiger partial charge < -0.3 is 11.2 Å². The zero-order valence-electron chi connectivity index (χ0n) is 12.4. The van der Waals surface area contributed by atoms with Gasteiger partial charge in [-0.2, -0.15) is 5.10 Å². The Morgan fingerprint density at radius 1 is 1.48 bits per heavy atom. The SMILES string of the molecule is CC(C)N(CC(N)=O)Cc1nc(NN)c2cnn(C)c2n1. The number of nitrogen functional groups attached to an aromatic ring is 1. The summed E-state index contributed by atoms with van der Waals surface area (Å²) >= 11 is 0. The number of hydrogen-bond donors (Lipinski definition) is 3. The summed E-state index contributed by atoms with van der Waals surface area (Å²) in [6.07, 6.45) is 1.65. The summed E-state index contributed by atoms with van der Waals surface area (Å²) in [5, 5.41) is 4.88. The first-order valence-corrected chi connectivity index (χ1v) is 6.60. The van der Waals surface area contributed by atoms with Crippen LogP contribution in [-0.4, -0.2) is 43.1 Å². The van der Waals surface area contributed by atoms with Crippen LogP contribution in [0.25, 0.3) is 11.0 Å². The molecule has 0 aliphatic carbocycles. The van der Waals surface area contributed by atoms with Gasteiger partial charge in [-0.05, 0) is 13.8 Å². The van der Waals surface area contributed by atoms with Crippen molar-refractivity contribution in [3.8, 4) is 0 Å². The van der Waals surface area contributed by atoms with Crippen molar-refractivity contribution in [1.29, 1.82) is 0 Å². The van der Waals surface area contributed by atoms with Gasteiger partial charge in [-0.15, -0.1) is 0 Å². The van der Waals surface area contributed by atoms with Crippen LogP contribution in [0.5, 0.6) is 0 Å². The number of anilines is 1. The fraction of sp³-hybridized carbons (Fsp3) is 0.500. The second kappa shape index (κ2) is 6.02. The Morgan fingerprint density at radius 2 is 2.19 bits per heavy atom. The maximum absolute atomic E-state index is 11.1. The molecule has 5 N–H and O–H groups in total. The third-order valence-corrected chi connectivity index (χ3v) is 3.21. The molecule has 0 aliphatic rings. The number of nitrogens with one attached hydrogen (secondary N) is 1. The molecule has 1 amide bonds. The summed E-state index contributed by atoms with van der Waals surface area (Å²) in [6.45, 7) is 4.51. The Hall–Kier alpha value is -2.26. The van der Waals surface area contributed by atoms with E-state index in [1.54, 1.807) is 17.9 Å². The smallest absolute Gasteiger partial charge is 0.231 e. The lowest BCUT2D eigenvalue weighted by atomic mass is 10.3. The molecular weight excluding hydrogens is 272 g/mol. The molecule has 0 bridgehead atoms. The lowest BCUT2D eigenvalue weighted by molar-refractivity contribution is -0.119. The van der Waals surface area contributed by atoms with Gasteiger partial charge in [-0.3, -0.25) is 14.4 Å². The highest BCUT2D eigenvalue weighted by atomic mass is 16.1. The van der Waals surface area contributed by atoms with E-state index in [4.69, 9.17) is 11.6 Å². The molecule has 2 heterocycles. The molecule has 9 nitrogen and oxygen atoms in total. The highest BCUT2D eigenvalue weighted by Gasteiger charge is 2.17. The molecule has 9 heteroatoms. The molecule has 2 aromatic rings. The first-order valence-electron chi connectivity index (χ1n) is 6.60. The van der Waals surface area contributed by atoms with Crippen LogP contribution in [0, 0.1) is 0 Å². The number of carbonyl (C=O) groups is 1. The molecule has 0 spiro atoms. The fourth-order valence-electron chi connectivity index (χ4n) is 2.05. The summed E-state index contributed by atoms with van der Waals surface area (Å²) in [5.74, 6) is 6.17. The van der Waals surface area contributed by atoms with E-state index in [-0.39, 0.29) is 18.5 Å². The number of nitrogens with two attached hydrogens (primary N) is 2. The average molecular weight is 292 g/mol. The van der Waals surface area contributed by atoms with Crippen LogP contribution in [0.4, 0.5) is 5.82 Å². The summed E-state index contributed by atoms with van der Waals surface area (Å²) in [6, 6.07) is 0.137. The van der Waals surface area contributed by atoms with Crippen molar-refractivity contribution >= 4 is 22.8 Å². The molecule has 0 fully saturated rings. The van der Waals surface area contributed by atoms with E-state index >= 15 is 0 Å². The Morgan fingerprint density at radius 3 is 2.76 bits per heavy atom. The largest absolute Gasteiger partial charge is 0.369 e. The van der Waals surface area contributed by atoms with Gasteiger partial charge in [-0.1, -0.05) is 0 Å². The Bertz CT molecular complexity index is 650. The molecule has 0 saturated heterocycles. The van der Waals surface area contributed by atoms with E-state index < -0.39 is 0 Å². The third-order valence-electron chi connectivity index (χ3n) is 3.21. The fourth-order valence-corrected chi connectivity index (χ4v) is 2.05. The molecule has 0 atom stereocenters. The van der Waals surface area contributed by atoms with Crippen molar-refractivity contribution in [3.63, 3.8) is 0 Å². The van der Waals surface area contributed by atoms with Gasteiger partial charge in [0.1, 0.15) is 5.82 Å². The lowest BCUT2D eigenvalue weighted by Gasteiger charge is -2.24. The van der Waals surface area contributed by atoms with Gasteiger partial charge in [0, 0.05) is 13.1 Å². The van der Waals surface area contributed by atoms with Crippen molar-refractivity contribution in [3.05, 3.63) is 12.0 Å². The van der Waals surface area contributed by atoms with Gasteiger partial charge in [0.05, 0.1) is 24.7 Å². The molecule has 0 aromatic carbocycles. The predicted molar refractivity (Wildman–Crippen MR) is 78.9 cm³/mol. The number of carbonyl (C=O) groups excluding carboxylic acids is 1. The summed E-state index contributed by atoms with van der Waals surface area (Å²) in [4.78, 5) is 21.9. The minimum absolute atomic E-state index is 0.137. The summed E-state index contributed by atoms with van der Waals surface area (Å²) in [7, 11) is 1.79. The van der Waals surface area contributed by atoms with Crippen molar-refractivity contribution in [1.82, 2.24) is 24.6 Å². The zero-order valence-corrected chi connectivity index (χ0v) is 12.4. The number of hydrazine groups is 1. The molecule has 114 valence electrons. The lowest BCUT2D eigenvalue weighted by Crippen LogP contribution is -2.38. The van der Waals surface area contributed by atoms with E-state index in [1.807, 2.05) is 18.7 Å². The first kappa shape index (κ1) is 15.1. The molecular formula is C12H20N8O. The third kappa shape index (κ3) is 3.26. The van der Waals surface area contributed by atoms with Gasteiger partial charge in [-0.25, -0.2) is 15.8 Å². The van der Waals surface area contributed by atoms with Crippen LogP contribution in [0.3, 0.4) is 0 Å². The van der Waals surface area contributed by atoms with Gasteiger partial charge in [0.25, 0.3) is 0 Å². The van der Waals surface area contributed by atoms with Gasteiger partial charge in [0.15, 0.2) is 11.5 Å². The Kier molecular flexibility index (Phi) is 4.34. The molecule has 21 heavy (non-hydrogen) atoms. The number of aromatic nitrogens is 4. The molecule has 0 radical (unpaired) electrons. The van der Waals surface area contributed by atoms with Crippen LogP contribution >= 0.6 is 0 Å². The van der Waals surface area contributed by atoms with Crippen molar-refractivity contribution in [2.45, 2.75) is 26.4 Å². The van der Waals surface area contributed by atoms with Crippen molar-refractivity contribution in [2.75, 3.05) is 12.0 Å². The predicted octanol–water partition coefficient (Wildman–Crippen LogP) is -0.655. The minimum atomic E-state index is -0.387. The molecule has 2 rings (SSSR count). The van der Waals surface area contributed by atoms with Gasteiger partial charge >= 0.3 is 0 Å². The van der Waals surface area contributed by atoms with E-state index in [1.165, 1.54) is 0 Å². The molecule has 0 saturated carbocycles. The van der Waals surface area contributed by atoms with E-state index in [0.29, 0.717) is 23.8 Å². The number of fused-ring (bicyclic) bond motifs is 1. The van der Waals surface area contributed by atoms with E-state index in [9.17, 15) is 4.79 Å². The second-order valence-corrected chi connectivity index (χ2v) is 5.10. The second-order valence-electron chi connectivity index (χ2n) is 5.10. The number of hydrogen-bond acceptors (Lipinski definition) is 7. The van der Waals surface area contributed by atoms with Crippen LogP contribution < -0.4 is 17.0 Å². The maximum atomic E-state index is 11.1. The summed E-state index contributed by atoms with van der Waals surface area (Å²) in [5.41, 5.74) is 8.50. The van der Waals surface area contributed by atoms with Crippen molar-refractivity contribution in [2.24, 2.45) is 18.6 Å². The van der Waals surface area contributed by atoms with Crippen LogP contribution in [0.2, 0.25) is 0 Å². The quantitative estimate of drug-likeness (QED) is 0.476. The Labute approximate surface area is 122 Å². The number of aryl methyl sites for hydroxylation is 1. The standard InChI is InChI=1S/C12H20N8O/c1-7(2)20(5-9(13)21)6-10-16-11(18-14)8-4-15-19(3)12(8)17-10/h4,7H,5-6,14H2,1-3H3,(H2,13,21)(H,16,17,18). The van der Waals surface area contributed by atoms with Crippen LogP contribution in [-0.2, 0) is 18.4 Å². The van der Waals surface area contributed by atoms with Gasteiger partial charge in [0.2, 0.25) is 5.91 Å². The minimum Gasteiger partial charge on any atom is -0.369 e. The molecule has 2 aromatic heterocycles. The molecule has 0 unspecified atom stereocenters. The van der Waals surface area contributed by atoms with Crippen LogP contribution in [0.15, 0.2) is 6.20 Å². The normalized spacial score (nSPS) is 11.5. The van der Waals surface area contributed by atoms with E-state index in [2.05, 4.69) is 20.5 Å². The van der Waals surface area contributed by atoms with Crippen LogP contribution in [0.1, 0.15) is 19.7 Å². The maximum Gasteiger partial charge on any atom is 0.231 e.